The Morgan fingerprint density at radius 2 is 2.00 bits per heavy atom. The number of halogens is 2. The van der Waals surface area contributed by atoms with Crippen molar-refractivity contribution in [3.05, 3.63) is 20.3 Å². The van der Waals surface area contributed by atoms with Crippen molar-refractivity contribution in [3.63, 3.8) is 0 Å². The van der Waals surface area contributed by atoms with Gasteiger partial charge in [0.2, 0.25) is 0 Å². The molecule has 2 saturated heterocycles. The fourth-order valence-corrected chi connectivity index (χ4v) is 4.68. The predicted octanol–water partition coefficient (Wildman–Crippen LogP) is 3.27. The minimum Gasteiger partial charge on any atom is -0.316 e. The van der Waals surface area contributed by atoms with E-state index in [2.05, 4.69) is 17.1 Å². The topological polar surface area (TPSA) is 15.3 Å². The Morgan fingerprint density at radius 3 is 2.53 bits per heavy atom. The lowest BCUT2D eigenvalue weighted by atomic mass is 10.0. The summed E-state index contributed by atoms with van der Waals surface area (Å²) in [5.41, 5.74) is 1.19. The van der Waals surface area contributed by atoms with Crippen LogP contribution in [0.1, 0.15) is 18.5 Å². The third-order valence-electron chi connectivity index (χ3n) is 4.10. The monoisotopic (exact) mass is 290 g/mol. The quantitative estimate of drug-likeness (QED) is 0.899. The van der Waals surface area contributed by atoms with Gasteiger partial charge in [-0.05, 0) is 37.9 Å². The van der Waals surface area contributed by atoms with E-state index in [4.69, 9.17) is 23.2 Å². The van der Waals surface area contributed by atoms with Crippen LogP contribution in [0, 0.1) is 11.8 Å². The number of hydrogen-bond acceptors (Lipinski definition) is 3. The Balaban J connectivity index is 1.75. The van der Waals surface area contributed by atoms with Crippen molar-refractivity contribution >= 4 is 34.5 Å². The number of nitrogens with zero attached hydrogens (tertiary/aromatic N) is 1. The Kier molecular flexibility index (Phi) is 3.39. The SMILES string of the molecule is CC(c1cc(Cl)sc1Cl)N1CC2CNCC2C1. The Bertz CT molecular complexity index is 409. The highest BCUT2D eigenvalue weighted by Crippen LogP contribution is 2.39. The van der Waals surface area contributed by atoms with Gasteiger partial charge >= 0.3 is 0 Å². The van der Waals surface area contributed by atoms with Gasteiger partial charge in [-0.1, -0.05) is 23.2 Å². The summed E-state index contributed by atoms with van der Waals surface area (Å²) in [7, 11) is 0. The molecule has 3 heterocycles. The summed E-state index contributed by atoms with van der Waals surface area (Å²) in [5.74, 6) is 1.65. The fourth-order valence-electron chi connectivity index (χ4n) is 3.04. The molecular formula is C12H16Cl2N2S. The molecule has 3 rings (SSSR count). The summed E-state index contributed by atoms with van der Waals surface area (Å²) < 4.78 is 1.63. The van der Waals surface area contributed by atoms with Gasteiger partial charge in [0.1, 0.15) is 0 Å². The standard InChI is InChI=1S/C12H16Cl2N2S/c1-7(10-2-11(13)17-12(10)14)16-5-8-3-15-4-9(8)6-16/h2,7-9,15H,3-6H2,1H3. The molecule has 0 aliphatic carbocycles. The number of nitrogens with one attached hydrogen (secondary N) is 1. The second kappa shape index (κ2) is 4.71. The number of fused-ring (bicyclic) bond motifs is 1. The highest BCUT2D eigenvalue weighted by atomic mass is 35.5. The minimum absolute atomic E-state index is 0.386. The van der Waals surface area contributed by atoms with Crippen LogP contribution in [0.4, 0.5) is 0 Å². The van der Waals surface area contributed by atoms with Crippen molar-refractivity contribution in [2.24, 2.45) is 11.8 Å². The van der Waals surface area contributed by atoms with Crippen LogP contribution in [0.15, 0.2) is 6.07 Å². The molecule has 94 valence electrons. The third-order valence-corrected chi connectivity index (χ3v) is 5.62. The Hall–Kier alpha value is 0.200. The van der Waals surface area contributed by atoms with Crippen LogP contribution in [0.5, 0.6) is 0 Å². The molecule has 2 aliphatic heterocycles. The van der Waals surface area contributed by atoms with Gasteiger partial charge in [-0.15, -0.1) is 11.3 Å². The average molecular weight is 291 g/mol. The lowest BCUT2D eigenvalue weighted by Crippen LogP contribution is -2.28. The second-order valence-corrected chi connectivity index (χ2v) is 7.37. The Labute approximate surface area is 116 Å². The lowest BCUT2D eigenvalue weighted by Gasteiger charge is -2.25. The van der Waals surface area contributed by atoms with Crippen molar-refractivity contribution in [3.8, 4) is 0 Å². The largest absolute Gasteiger partial charge is 0.316 e. The molecule has 5 heteroatoms. The van der Waals surface area contributed by atoms with Crippen molar-refractivity contribution in [1.82, 2.24) is 10.2 Å². The molecule has 0 saturated carbocycles. The van der Waals surface area contributed by atoms with Gasteiger partial charge in [-0.25, -0.2) is 0 Å². The van der Waals surface area contributed by atoms with E-state index < -0.39 is 0 Å². The molecule has 0 amide bonds. The molecule has 0 aromatic carbocycles. The maximum Gasteiger partial charge on any atom is 0.0991 e. The van der Waals surface area contributed by atoms with Crippen molar-refractivity contribution < 1.29 is 0 Å². The predicted molar refractivity (Wildman–Crippen MR) is 74.2 cm³/mol. The van der Waals surface area contributed by atoms with E-state index >= 15 is 0 Å². The van der Waals surface area contributed by atoms with Crippen LogP contribution < -0.4 is 5.32 Å². The van der Waals surface area contributed by atoms with Crippen LogP contribution in [0.25, 0.3) is 0 Å². The number of rotatable bonds is 2. The van der Waals surface area contributed by atoms with Crippen LogP contribution in [-0.4, -0.2) is 31.1 Å². The first kappa shape index (κ1) is 12.2. The summed E-state index contributed by atoms with van der Waals surface area (Å²) in [5, 5.41) is 3.47. The van der Waals surface area contributed by atoms with E-state index in [1.807, 2.05) is 6.07 Å². The molecule has 17 heavy (non-hydrogen) atoms. The fraction of sp³-hybridized carbons (Fsp3) is 0.667. The molecule has 2 fully saturated rings. The molecule has 1 aromatic rings. The molecule has 1 N–H and O–H groups in total. The van der Waals surface area contributed by atoms with Gasteiger partial charge < -0.3 is 5.32 Å². The molecule has 3 unspecified atom stereocenters. The van der Waals surface area contributed by atoms with Gasteiger partial charge in [0.05, 0.1) is 8.67 Å². The number of likely N-dealkylation sites (tertiary alicyclic amines) is 1. The van der Waals surface area contributed by atoms with Crippen LogP contribution >= 0.6 is 34.5 Å². The summed E-state index contributed by atoms with van der Waals surface area (Å²) in [6, 6.07) is 2.41. The zero-order valence-electron chi connectivity index (χ0n) is 9.75. The highest BCUT2D eigenvalue weighted by Gasteiger charge is 2.38. The first-order valence-corrected chi connectivity index (χ1v) is 7.62. The van der Waals surface area contributed by atoms with E-state index in [9.17, 15) is 0 Å². The Morgan fingerprint density at radius 1 is 1.35 bits per heavy atom. The molecular weight excluding hydrogens is 275 g/mol. The van der Waals surface area contributed by atoms with Crippen LogP contribution in [0.2, 0.25) is 8.67 Å². The smallest absolute Gasteiger partial charge is 0.0991 e. The van der Waals surface area contributed by atoms with E-state index in [0.717, 1.165) is 20.5 Å². The van der Waals surface area contributed by atoms with Gasteiger partial charge in [-0.2, -0.15) is 0 Å². The van der Waals surface area contributed by atoms with Gasteiger partial charge in [0.25, 0.3) is 0 Å². The van der Waals surface area contributed by atoms with Crippen molar-refractivity contribution in [2.75, 3.05) is 26.2 Å². The van der Waals surface area contributed by atoms with E-state index in [0.29, 0.717) is 6.04 Å². The summed E-state index contributed by atoms with van der Waals surface area (Å²) >= 11 is 13.7. The maximum absolute atomic E-state index is 6.23. The van der Waals surface area contributed by atoms with Crippen LogP contribution in [-0.2, 0) is 0 Å². The summed E-state index contributed by atoms with van der Waals surface area (Å²) in [6.07, 6.45) is 0. The number of hydrogen-bond donors (Lipinski definition) is 1. The maximum atomic E-state index is 6.23. The number of thiophene rings is 1. The summed E-state index contributed by atoms with van der Waals surface area (Å²) in [6.45, 7) is 6.95. The molecule has 2 nitrogen and oxygen atoms in total. The van der Waals surface area contributed by atoms with E-state index in [1.165, 1.54) is 43.1 Å². The molecule has 0 spiro atoms. The second-order valence-electron chi connectivity index (χ2n) is 5.09. The third kappa shape index (κ3) is 2.24. The molecule has 2 aliphatic rings. The van der Waals surface area contributed by atoms with E-state index in [-0.39, 0.29) is 0 Å². The zero-order chi connectivity index (χ0) is 12.0. The average Bonchev–Trinajstić information content (AvgIpc) is 2.90. The van der Waals surface area contributed by atoms with E-state index in [1.54, 1.807) is 0 Å². The van der Waals surface area contributed by atoms with Gasteiger partial charge in [0.15, 0.2) is 0 Å². The molecule has 0 bridgehead atoms. The van der Waals surface area contributed by atoms with Crippen molar-refractivity contribution in [2.45, 2.75) is 13.0 Å². The first-order chi connectivity index (χ1) is 8.15. The molecule has 1 aromatic heterocycles. The van der Waals surface area contributed by atoms with Gasteiger partial charge in [0, 0.05) is 24.7 Å². The lowest BCUT2D eigenvalue weighted by molar-refractivity contribution is 0.244. The van der Waals surface area contributed by atoms with Gasteiger partial charge in [-0.3, -0.25) is 4.90 Å². The minimum atomic E-state index is 0.386. The normalized spacial score (nSPS) is 30.8. The highest BCUT2D eigenvalue weighted by molar-refractivity contribution is 7.20. The molecule has 3 atom stereocenters. The van der Waals surface area contributed by atoms with Crippen LogP contribution in [0.3, 0.4) is 0 Å². The molecule has 0 radical (unpaired) electrons. The first-order valence-electron chi connectivity index (χ1n) is 6.04. The van der Waals surface area contributed by atoms with Crippen molar-refractivity contribution in [1.29, 1.82) is 0 Å². The summed E-state index contributed by atoms with van der Waals surface area (Å²) in [4.78, 5) is 2.54. The zero-order valence-corrected chi connectivity index (χ0v) is 12.1.